The predicted octanol–water partition coefficient (Wildman–Crippen LogP) is 4.27. The predicted molar refractivity (Wildman–Crippen MR) is 111 cm³/mol. The van der Waals surface area contributed by atoms with Gasteiger partial charge in [0.1, 0.15) is 5.75 Å². The number of anilines is 1. The van der Waals surface area contributed by atoms with Gasteiger partial charge in [0.05, 0.1) is 11.3 Å². The van der Waals surface area contributed by atoms with Gasteiger partial charge < -0.3 is 15.0 Å². The Morgan fingerprint density at radius 1 is 1.11 bits per heavy atom. The van der Waals surface area contributed by atoms with Crippen molar-refractivity contribution in [3.8, 4) is 5.75 Å². The first-order valence-electron chi connectivity index (χ1n) is 9.86. The summed E-state index contributed by atoms with van der Waals surface area (Å²) in [5.41, 5.74) is 2.11. The van der Waals surface area contributed by atoms with Crippen LogP contribution in [0.2, 0.25) is 0 Å². The summed E-state index contributed by atoms with van der Waals surface area (Å²) >= 11 is 0. The van der Waals surface area contributed by atoms with Crippen molar-refractivity contribution < 1.29 is 14.3 Å². The highest BCUT2D eigenvalue weighted by molar-refractivity contribution is 6.04. The number of hydrogen-bond donors (Lipinski definition) is 1. The third kappa shape index (κ3) is 4.91. The van der Waals surface area contributed by atoms with Crippen LogP contribution in [0.25, 0.3) is 0 Å². The Bertz CT molecular complexity index is 841. The highest BCUT2D eigenvalue weighted by Gasteiger charge is 2.24. The average molecular weight is 380 g/mol. The van der Waals surface area contributed by atoms with Crippen LogP contribution < -0.4 is 10.1 Å². The highest BCUT2D eigenvalue weighted by atomic mass is 16.5. The number of piperidine rings is 1. The van der Waals surface area contributed by atoms with Crippen molar-refractivity contribution in [1.29, 1.82) is 0 Å². The van der Waals surface area contributed by atoms with Crippen molar-refractivity contribution in [2.45, 2.75) is 39.7 Å². The second-order valence-corrected chi connectivity index (χ2v) is 7.59. The van der Waals surface area contributed by atoms with E-state index in [1.54, 1.807) is 19.1 Å². The van der Waals surface area contributed by atoms with E-state index < -0.39 is 6.10 Å². The van der Waals surface area contributed by atoms with Gasteiger partial charge in [-0.25, -0.2) is 0 Å². The van der Waals surface area contributed by atoms with E-state index in [0.29, 0.717) is 22.9 Å². The van der Waals surface area contributed by atoms with Crippen molar-refractivity contribution in [2.24, 2.45) is 5.92 Å². The van der Waals surface area contributed by atoms with E-state index in [9.17, 15) is 9.59 Å². The van der Waals surface area contributed by atoms with Crippen molar-refractivity contribution in [3.63, 3.8) is 0 Å². The molecule has 0 spiro atoms. The smallest absolute Gasteiger partial charge is 0.265 e. The van der Waals surface area contributed by atoms with Gasteiger partial charge in [-0.15, -0.1) is 0 Å². The molecule has 1 fully saturated rings. The summed E-state index contributed by atoms with van der Waals surface area (Å²) in [6.07, 6.45) is 1.35. The molecule has 1 N–H and O–H groups in total. The molecule has 2 amide bonds. The quantitative estimate of drug-likeness (QED) is 0.843. The Hall–Kier alpha value is -2.82. The number of carbonyl (C=O) groups is 2. The van der Waals surface area contributed by atoms with E-state index in [4.69, 9.17) is 4.74 Å². The summed E-state index contributed by atoms with van der Waals surface area (Å²) in [4.78, 5) is 27.5. The largest absolute Gasteiger partial charge is 0.481 e. The van der Waals surface area contributed by atoms with Gasteiger partial charge in [0.15, 0.2) is 6.10 Å². The van der Waals surface area contributed by atoms with Crippen molar-refractivity contribution >= 4 is 17.5 Å². The first kappa shape index (κ1) is 19.9. The lowest BCUT2D eigenvalue weighted by molar-refractivity contribution is -0.122. The Morgan fingerprint density at radius 3 is 2.54 bits per heavy atom. The summed E-state index contributed by atoms with van der Waals surface area (Å²) in [6.45, 7) is 7.41. The van der Waals surface area contributed by atoms with Crippen LogP contribution in [0, 0.1) is 12.8 Å². The zero-order chi connectivity index (χ0) is 20.1. The molecule has 5 nitrogen and oxygen atoms in total. The Kier molecular flexibility index (Phi) is 6.34. The van der Waals surface area contributed by atoms with E-state index in [-0.39, 0.29) is 11.8 Å². The molecule has 28 heavy (non-hydrogen) atoms. The SMILES string of the molecule is Cc1cccc(OC(C)C(=O)Nc2ccccc2C(=O)N2CCC(C)CC2)c1. The number of amides is 2. The average Bonchev–Trinajstić information content (AvgIpc) is 2.68. The van der Waals surface area contributed by atoms with Crippen molar-refractivity contribution in [2.75, 3.05) is 18.4 Å². The van der Waals surface area contributed by atoms with E-state index in [0.717, 1.165) is 31.5 Å². The number of nitrogens with one attached hydrogen (secondary N) is 1. The molecular formula is C23H28N2O3. The summed E-state index contributed by atoms with van der Waals surface area (Å²) < 4.78 is 5.75. The van der Waals surface area contributed by atoms with Gasteiger partial charge in [-0.2, -0.15) is 0 Å². The van der Waals surface area contributed by atoms with Crippen LogP contribution in [0.1, 0.15) is 42.6 Å². The van der Waals surface area contributed by atoms with Crippen LogP contribution in [0.5, 0.6) is 5.75 Å². The molecule has 148 valence electrons. The minimum absolute atomic E-state index is 0.0324. The van der Waals surface area contributed by atoms with E-state index in [1.807, 2.05) is 48.2 Å². The number of hydrogen-bond acceptors (Lipinski definition) is 3. The molecule has 0 radical (unpaired) electrons. The van der Waals surface area contributed by atoms with Crippen LogP contribution in [0.3, 0.4) is 0 Å². The maximum atomic E-state index is 13.0. The minimum atomic E-state index is -0.680. The van der Waals surface area contributed by atoms with Crippen molar-refractivity contribution in [3.05, 3.63) is 59.7 Å². The number of ether oxygens (including phenoxy) is 1. The Labute approximate surface area is 166 Å². The third-order valence-electron chi connectivity index (χ3n) is 5.16. The monoisotopic (exact) mass is 380 g/mol. The summed E-state index contributed by atoms with van der Waals surface area (Å²) in [6, 6.07) is 14.7. The van der Waals surface area contributed by atoms with E-state index >= 15 is 0 Å². The fraction of sp³-hybridized carbons (Fsp3) is 0.391. The molecule has 2 aromatic carbocycles. The van der Waals surface area contributed by atoms with Crippen LogP contribution in [0.15, 0.2) is 48.5 Å². The summed E-state index contributed by atoms with van der Waals surface area (Å²) in [7, 11) is 0. The van der Waals surface area contributed by atoms with Gasteiger partial charge >= 0.3 is 0 Å². The second-order valence-electron chi connectivity index (χ2n) is 7.59. The van der Waals surface area contributed by atoms with Gasteiger partial charge in [0.2, 0.25) is 0 Å². The first-order chi connectivity index (χ1) is 13.4. The zero-order valence-corrected chi connectivity index (χ0v) is 16.8. The fourth-order valence-corrected chi connectivity index (χ4v) is 3.34. The molecule has 2 aromatic rings. The van der Waals surface area contributed by atoms with E-state index in [2.05, 4.69) is 12.2 Å². The van der Waals surface area contributed by atoms with Crippen LogP contribution >= 0.6 is 0 Å². The molecule has 0 aromatic heterocycles. The Morgan fingerprint density at radius 2 is 1.82 bits per heavy atom. The van der Waals surface area contributed by atoms with Gasteiger partial charge in [-0.05, 0) is 62.4 Å². The molecule has 1 heterocycles. The number of aryl methyl sites for hydroxylation is 1. The summed E-state index contributed by atoms with van der Waals surface area (Å²) in [5.74, 6) is 0.983. The van der Waals surface area contributed by atoms with Gasteiger partial charge in [-0.3, -0.25) is 9.59 Å². The van der Waals surface area contributed by atoms with Crippen LogP contribution in [-0.4, -0.2) is 35.9 Å². The topological polar surface area (TPSA) is 58.6 Å². The lowest BCUT2D eigenvalue weighted by atomic mass is 9.98. The third-order valence-corrected chi connectivity index (χ3v) is 5.16. The lowest BCUT2D eigenvalue weighted by Gasteiger charge is -2.31. The molecule has 1 unspecified atom stereocenters. The molecule has 1 aliphatic heterocycles. The zero-order valence-electron chi connectivity index (χ0n) is 16.8. The second kappa shape index (κ2) is 8.91. The molecule has 0 aliphatic carbocycles. The first-order valence-corrected chi connectivity index (χ1v) is 9.86. The molecule has 1 aliphatic rings. The maximum absolute atomic E-state index is 13.0. The molecule has 1 saturated heterocycles. The number of carbonyl (C=O) groups excluding carboxylic acids is 2. The van der Waals surface area contributed by atoms with Gasteiger partial charge in [0.25, 0.3) is 11.8 Å². The lowest BCUT2D eigenvalue weighted by Crippen LogP contribution is -2.38. The summed E-state index contributed by atoms with van der Waals surface area (Å²) in [5, 5.41) is 2.86. The van der Waals surface area contributed by atoms with Crippen LogP contribution in [0.4, 0.5) is 5.69 Å². The van der Waals surface area contributed by atoms with Crippen LogP contribution in [-0.2, 0) is 4.79 Å². The number of nitrogens with zero attached hydrogens (tertiary/aromatic N) is 1. The maximum Gasteiger partial charge on any atom is 0.265 e. The van der Waals surface area contributed by atoms with E-state index in [1.165, 1.54) is 0 Å². The number of rotatable bonds is 5. The molecular weight excluding hydrogens is 352 g/mol. The fourth-order valence-electron chi connectivity index (χ4n) is 3.34. The number of likely N-dealkylation sites (tertiary alicyclic amines) is 1. The van der Waals surface area contributed by atoms with Gasteiger partial charge in [0, 0.05) is 13.1 Å². The normalized spacial score (nSPS) is 15.8. The number of para-hydroxylation sites is 1. The molecule has 0 bridgehead atoms. The molecule has 3 rings (SSSR count). The highest BCUT2D eigenvalue weighted by Crippen LogP contribution is 2.23. The minimum Gasteiger partial charge on any atom is -0.481 e. The number of benzene rings is 2. The molecule has 1 atom stereocenters. The molecule has 0 saturated carbocycles. The Balaban J connectivity index is 1.68. The van der Waals surface area contributed by atoms with Crippen molar-refractivity contribution in [1.82, 2.24) is 4.90 Å². The molecule has 5 heteroatoms. The standard InChI is InChI=1S/C23H28N2O3/c1-16-11-13-25(14-12-16)23(27)20-9-4-5-10-21(20)24-22(26)18(3)28-19-8-6-7-17(2)15-19/h4-10,15-16,18H,11-14H2,1-3H3,(H,24,26). The van der Waals surface area contributed by atoms with Gasteiger partial charge in [-0.1, -0.05) is 31.2 Å².